The summed E-state index contributed by atoms with van der Waals surface area (Å²) in [6.45, 7) is 2.65. The highest BCUT2D eigenvalue weighted by Gasteiger charge is 2.33. The van der Waals surface area contributed by atoms with Gasteiger partial charge in [-0.25, -0.2) is 0 Å². The highest BCUT2D eigenvalue weighted by molar-refractivity contribution is 7.99. The molecule has 0 saturated carbocycles. The molecule has 1 aromatic carbocycles. The van der Waals surface area contributed by atoms with E-state index in [0.717, 1.165) is 17.8 Å². The Labute approximate surface area is 136 Å². The number of amides is 2. The van der Waals surface area contributed by atoms with Crippen LogP contribution >= 0.6 is 11.8 Å². The quantitative estimate of drug-likeness (QED) is 0.901. The van der Waals surface area contributed by atoms with Gasteiger partial charge in [-0.15, -0.1) is 11.8 Å². The fourth-order valence-corrected chi connectivity index (χ4v) is 3.63. The lowest BCUT2D eigenvalue weighted by molar-refractivity contribution is -0.135. The lowest BCUT2D eigenvalue weighted by Crippen LogP contribution is -2.44. The number of hydrogen-bond acceptors (Lipinski definition) is 4. The third-order valence-electron chi connectivity index (χ3n) is 3.50. The number of carbonyl (C=O) groups is 2. The van der Waals surface area contributed by atoms with Crippen LogP contribution in [0.4, 0.5) is 5.69 Å². The van der Waals surface area contributed by atoms with E-state index in [1.54, 1.807) is 16.7 Å². The second-order valence-corrected chi connectivity index (χ2v) is 6.66. The molecule has 5 nitrogen and oxygen atoms in total. The van der Waals surface area contributed by atoms with E-state index in [1.165, 1.54) is 0 Å². The Morgan fingerprint density at radius 1 is 1.41 bits per heavy atom. The Kier molecular flexibility index (Phi) is 5.85. The predicted molar refractivity (Wildman–Crippen MR) is 90.7 cm³/mol. The summed E-state index contributed by atoms with van der Waals surface area (Å²) in [5, 5.41) is 2.94. The van der Waals surface area contributed by atoms with Gasteiger partial charge in [0.25, 0.3) is 0 Å². The van der Waals surface area contributed by atoms with Gasteiger partial charge in [0.1, 0.15) is 6.04 Å². The Morgan fingerprint density at radius 3 is 2.86 bits per heavy atom. The highest BCUT2D eigenvalue weighted by atomic mass is 32.2. The van der Waals surface area contributed by atoms with Gasteiger partial charge in [0.15, 0.2) is 0 Å². The van der Waals surface area contributed by atoms with E-state index in [9.17, 15) is 9.59 Å². The highest BCUT2D eigenvalue weighted by Crippen LogP contribution is 2.23. The van der Waals surface area contributed by atoms with Crippen molar-refractivity contribution in [3.63, 3.8) is 0 Å². The fourth-order valence-electron chi connectivity index (χ4n) is 2.45. The molecule has 1 saturated heterocycles. The zero-order valence-corrected chi connectivity index (χ0v) is 14.2. The molecular formula is C16H23N3O2S. The fraction of sp³-hybridized carbons (Fsp3) is 0.500. The van der Waals surface area contributed by atoms with Crippen LogP contribution in [0, 0.1) is 0 Å². The third-order valence-corrected chi connectivity index (χ3v) is 4.51. The van der Waals surface area contributed by atoms with Crippen LogP contribution in [0.5, 0.6) is 0 Å². The van der Waals surface area contributed by atoms with Crippen molar-refractivity contribution >= 4 is 29.3 Å². The van der Waals surface area contributed by atoms with Crippen molar-refractivity contribution in [1.29, 1.82) is 0 Å². The molecule has 1 fully saturated rings. The smallest absolute Gasteiger partial charge is 0.248 e. The first kappa shape index (κ1) is 16.8. The van der Waals surface area contributed by atoms with E-state index in [-0.39, 0.29) is 17.9 Å². The van der Waals surface area contributed by atoms with Gasteiger partial charge in [0.2, 0.25) is 11.8 Å². The van der Waals surface area contributed by atoms with Crippen LogP contribution in [0.3, 0.4) is 0 Å². The molecule has 1 atom stereocenters. The van der Waals surface area contributed by atoms with E-state index in [2.05, 4.69) is 10.2 Å². The van der Waals surface area contributed by atoms with Crippen molar-refractivity contribution < 1.29 is 9.59 Å². The minimum Gasteiger partial charge on any atom is -0.324 e. The van der Waals surface area contributed by atoms with Crippen LogP contribution in [0.2, 0.25) is 0 Å². The Bertz CT molecular complexity index is 548. The summed E-state index contributed by atoms with van der Waals surface area (Å²) < 4.78 is 0. The van der Waals surface area contributed by atoms with Crippen molar-refractivity contribution in [2.24, 2.45) is 0 Å². The van der Waals surface area contributed by atoms with E-state index >= 15 is 0 Å². The van der Waals surface area contributed by atoms with Gasteiger partial charge in [-0.3, -0.25) is 9.59 Å². The van der Waals surface area contributed by atoms with E-state index in [0.29, 0.717) is 18.1 Å². The number of nitrogens with one attached hydrogen (secondary N) is 1. The van der Waals surface area contributed by atoms with Crippen molar-refractivity contribution in [3.05, 3.63) is 29.8 Å². The molecule has 22 heavy (non-hydrogen) atoms. The summed E-state index contributed by atoms with van der Waals surface area (Å²) in [5.74, 6) is 1.20. The van der Waals surface area contributed by atoms with Crippen molar-refractivity contribution in [3.8, 4) is 0 Å². The van der Waals surface area contributed by atoms with Crippen LogP contribution < -0.4 is 5.32 Å². The van der Waals surface area contributed by atoms with Crippen LogP contribution in [0.15, 0.2) is 24.3 Å². The number of nitrogens with zero attached hydrogens (tertiary/aromatic N) is 2. The molecule has 1 heterocycles. The second kappa shape index (κ2) is 7.65. The van der Waals surface area contributed by atoms with Gasteiger partial charge in [-0.05, 0) is 31.8 Å². The Morgan fingerprint density at radius 2 is 2.18 bits per heavy atom. The zero-order chi connectivity index (χ0) is 16.1. The molecule has 0 bridgehead atoms. The van der Waals surface area contributed by atoms with Gasteiger partial charge in [0.05, 0.1) is 5.88 Å². The lowest BCUT2D eigenvalue weighted by Gasteiger charge is -2.22. The van der Waals surface area contributed by atoms with Crippen LogP contribution in [0.25, 0.3) is 0 Å². The van der Waals surface area contributed by atoms with E-state index < -0.39 is 0 Å². The Balaban J connectivity index is 2.03. The molecule has 2 rings (SSSR count). The number of hydrogen-bond donors (Lipinski definition) is 1. The van der Waals surface area contributed by atoms with E-state index in [4.69, 9.17) is 0 Å². The van der Waals surface area contributed by atoms with Crippen molar-refractivity contribution in [2.75, 3.05) is 31.0 Å². The molecule has 0 spiro atoms. The third kappa shape index (κ3) is 4.24. The molecular weight excluding hydrogens is 298 g/mol. The first-order valence-electron chi connectivity index (χ1n) is 7.43. The van der Waals surface area contributed by atoms with Gasteiger partial charge in [0, 0.05) is 24.4 Å². The summed E-state index contributed by atoms with van der Waals surface area (Å²) in [5.41, 5.74) is 1.93. The van der Waals surface area contributed by atoms with Crippen LogP contribution in [-0.2, 0) is 16.1 Å². The summed E-state index contributed by atoms with van der Waals surface area (Å²) in [6.07, 6.45) is 0.433. The molecule has 1 aromatic rings. The van der Waals surface area contributed by atoms with Crippen molar-refractivity contribution in [1.82, 2.24) is 9.80 Å². The topological polar surface area (TPSA) is 52.7 Å². The molecule has 1 aliphatic rings. The van der Waals surface area contributed by atoms with Crippen molar-refractivity contribution in [2.45, 2.75) is 25.9 Å². The molecule has 0 radical (unpaired) electrons. The molecule has 0 aliphatic carbocycles. The van der Waals surface area contributed by atoms with Crippen LogP contribution in [0.1, 0.15) is 18.9 Å². The maximum atomic E-state index is 12.5. The molecule has 1 unspecified atom stereocenters. The maximum absolute atomic E-state index is 12.5. The van der Waals surface area contributed by atoms with Gasteiger partial charge >= 0.3 is 0 Å². The van der Waals surface area contributed by atoms with E-state index in [1.807, 2.05) is 45.3 Å². The summed E-state index contributed by atoms with van der Waals surface area (Å²) in [6, 6.07) is 7.47. The minimum atomic E-state index is -0.366. The number of thioether (sulfide) groups is 1. The normalized spacial score (nSPS) is 17.8. The predicted octanol–water partition coefficient (Wildman–Crippen LogP) is 2.00. The first-order chi connectivity index (χ1) is 10.5. The van der Waals surface area contributed by atoms with Gasteiger partial charge in [-0.2, -0.15) is 0 Å². The average Bonchev–Trinajstić information content (AvgIpc) is 2.95. The number of benzene rings is 1. The zero-order valence-electron chi connectivity index (χ0n) is 13.3. The second-order valence-electron chi connectivity index (χ2n) is 5.66. The summed E-state index contributed by atoms with van der Waals surface area (Å²) >= 11 is 1.62. The monoisotopic (exact) mass is 321 g/mol. The largest absolute Gasteiger partial charge is 0.324 e. The molecule has 1 aliphatic heterocycles. The van der Waals surface area contributed by atoms with Crippen LogP contribution in [-0.4, -0.2) is 53.4 Å². The number of rotatable bonds is 5. The van der Waals surface area contributed by atoms with Gasteiger partial charge in [-0.1, -0.05) is 19.1 Å². The molecule has 2 amide bonds. The maximum Gasteiger partial charge on any atom is 0.248 e. The standard InChI is InChI=1S/C16H23N3O2S/c1-4-15(20)19-11-22-10-14(19)16(21)17-13-7-5-6-12(8-13)9-18(2)3/h5-8,14H,4,9-11H2,1-3H3,(H,17,21). The summed E-state index contributed by atoms with van der Waals surface area (Å²) in [7, 11) is 4.02. The number of carbonyl (C=O) groups excluding carboxylic acids is 2. The molecule has 1 N–H and O–H groups in total. The average molecular weight is 321 g/mol. The first-order valence-corrected chi connectivity index (χ1v) is 8.58. The van der Waals surface area contributed by atoms with Gasteiger partial charge < -0.3 is 15.1 Å². The summed E-state index contributed by atoms with van der Waals surface area (Å²) in [4.78, 5) is 28.1. The molecule has 6 heteroatoms. The SMILES string of the molecule is CCC(=O)N1CSCC1C(=O)Nc1cccc(CN(C)C)c1. The number of anilines is 1. The Hall–Kier alpha value is -1.53. The molecule has 0 aromatic heterocycles. The minimum absolute atomic E-state index is 0.0338. The molecule has 120 valence electrons. The lowest BCUT2D eigenvalue weighted by atomic mass is 10.2.